The second-order valence-electron chi connectivity index (χ2n) is 3.96. The van der Waals surface area contributed by atoms with Gasteiger partial charge >= 0.3 is 0 Å². The first-order chi connectivity index (χ1) is 7.34. The highest BCUT2D eigenvalue weighted by molar-refractivity contribution is 5.72. The van der Waals surface area contributed by atoms with E-state index in [1.165, 1.54) is 0 Å². The second kappa shape index (κ2) is 3.27. The highest BCUT2D eigenvalue weighted by Crippen LogP contribution is 2.20. The minimum atomic E-state index is 0.467. The maximum absolute atomic E-state index is 4.54. The quantitative estimate of drug-likeness (QED) is 0.730. The molecule has 0 saturated carbocycles. The lowest BCUT2D eigenvalue weighted by molar-refractivity contribution is 0.706. The standard InChI is InChI=1S/C10H13N5/c1-15-9-6-12-10(7-2-3-11-4-7)14-8(9)5-13-15/h5-7,11H,2-4H2,1H3. The maximum Gasteiger partial charge on any atom is 0.133 e. The van der Waals surface area contributed by atoms with Crippen molar-refractivity contribution in [3.63, 3.8) is 0 Å². The van der Waals surface area contributed by atoms with Gasteiger partial charge in [-0.25, -0.2) is 9.97 Å². The highest BCUT2D eigenvalue weighted by Gasteiger charge is 2.19. The fourth-order valence-corrected chi connectivity index (χ4v) is 2.02. The Kier molecular flexibility index (Phi) is 1.92. The molecular formula is C10H13N5. The van der Waals surface area contributed by atoms with E-state index in [1.54, 1.807) is 10.9 Å². The predicted molar refractivity (Wildman–Crippen MR) is 56.5 cm³/mol. The van der Waals surface area contributed by atoms with Crippen LogP contribution < -0.4 is 5.32 Å². The van der Waals surface area contributed by atoms with Gasteiger partial charge in [0.2, 0.25) is 0 Å². The van der Waals surface area contributed by atoms with Crippen molar-refractivity contribution in [1.29, 1.82) is 0 Å². The van der Waals surface area contributed by atoms with E-state index in [0.29, 0.717) is 5.92 Å². The van der Waals surface area contributed by atoms with Crippen molar-refractivity contribution < 1.29 is 0 Å². The summed E-state index contributed by atoms with van der Waals surface area (Å²) in [5, 5.41) is 7.49. The number of fused-ring (bicyclic) bond motifs is 1. The van der Waals surface area contributed by atoms with Crippen LogP contribution in [0.2, 0.25) is 0 Å². The van der Waals surface area contributed by atoms with Crippen LogP contribution in [-0.4, -0.2) is 32.8 Å². The van der Waals surface area contributed by atoms with Crippen LogP contribution in [0.4, 0.5) is 0 Å². The molecule has 15 heavy (non-hydrogen) atoms. The molecule has 5 nitrogen and oxygen atoms in total. The molecule has 0 spiro atoms. The SMILES string of the molecule is Cn1ncc2nc(C3CCNC3)ncc21. The Morgan fingerprint density at radius 1 is 1.47 bits per heavy atom. The molecule has 2 aromatic heterocycles. The number of hydrogen-bond acceptors (Lipinski definition) is 4. The molecular weight excluding hydrogens is 190 g/mol. The molecule has 0 radical (unpaired) electrons. The zero-order valence-corrected chi connectivity index (χ0v) is 8.64. The van der Waals surface area contributed by atoms with Gasteiger partial charge in [-0.05, 0) is 13.0 Å². The first kappa shape index (κ1) is 8.79. The predicted octanol–water partition coefficient (Wildman–Crippen LogP) is 0.440. The number of hydrogen-bond donors (Lipinski definition) is 1. The first-order valence-corrected chi connectivity index (χ1v) is 5.20. The molecule has 0 aromatic carbocycles. The lowest BCUT2D eigenvalue weighted by Crippen LogP contribution is -2.10. The molecule has 1 aliphatic rings. The van der Waals surface area contributed by atoms with Gasteiger partial charge < -0.3 is 5.32 Å². The van der Waals surface area contributed by atoms with Crippen LogP contribution in [0, 0.1) is 0 Å². The van der Waals surface area contributed by atoms with Crippen molar-refractivity contribution in [3.05, 3.63) is 18.2 Å². The Bertz CT molecular complexity index is 484. The minimum absolute atomic E-state index is 0.467. The van der Waals surface area contributed by atoms with Crippen LogP contribution in [0.1, 0.15) is 18.2 Å². The Balaban J connectivity index is 2.05. The minimum Gasteiger partial charge on any atom is -0.316 e. The molecule has 5 heteroatoms. The van der Waals surface area contributed by atoms with E-state index in [0.717, 1.165) is 36.4 Å². The normalized spacial score (nSPS) is 21.3. The van der Waals surface area contributed by atoms with E-state index < -0.39 is 0 Å². The van der Waals surface area contributed by atoms with E-state index in [9.17, 15) is 0 Å². The number of aryl methyl sites for hydroxylation is 1. The summed E-state index contributed by atoms with van der Waals surface area (Å²) in [7, 11) is 1.91. The van der Waals surface area contributed by atoms with E-state index in [-0.39, 0.29) is 0 Å². The zero-order chi connectivity index (χ0) is 10.3. The number of nitrogens with one attached hydrogen (secondary N) is 1. The molecule has 1 N–H and O–H groups in total. The molecule has 1 saturated heterocycles. The van der Waals surface area contributed by atoms with Crippen molar-refractivity contribution in [2.75, 3.05) is 13.1 Å². The van der Waals surface area contributed by atoms with Crippen molar-refractivity contribution in [2.45, 2.75) is 12.3 Å². The van der Waals surface area contributed by atoms with Gasteiger partial charge in [-0.3, -0.25) is 4.68 Å². The summed E-state index contributed by atoms with van der Waals surface area (Å²) >= 11 is 0. The van der Waals surface area contributed by atoms with Gasteiger partial charge in [0, 0.05) is 19.5 Å². The van der Waals surface area contributed by atoms with Gasteiger partial charge in [0.05, 0.1) is 12.4 Å². The molecule has 0 aliphatic carbocycles. The van der Waals surface area contributed by atoms with E-state index in [4.69, 9.17) is 0 Å². The van der Waals surface area contributed by atoms with Gasteiger partial charge in [-0.2, -0.15) is 5.10 Å². The molecule has 1 atom stereocenters. The van der Waals surface area contributed by atoms with Crippen LogP contribution in [-0.2, 0) is 7.05 Å². The van der Waals surface area contributed by atoms with Gasteiger partial charge in [-0.15, -0.1) is 0 Å². The molecule has 0 bridgehead atoms. The molecule has 3 rings (SSSR count). The second-order valence-corrected chi connectivity index (χ2v) is 3.96. The Labute approximate surface area is 87.5 Å². The average Bonchev–Trinajstić information content (AvgIpc) is 2.88. The largest absolute Gasteiger partial charge is 0.316 e. The third-order valence-corrected chi connectivity index (χ3v) is 2.94. The molecule has 1 aliphatic heterocycles. The number of aromatic nitrogens is 4. The van der Waals surface area contributed by atoms with Crippen molar-refractivity contribution in [1.82, 2.24) is 25.1 Å². The molecule has 3 heterocycles. The Morgan fingerprint density at radius 3 is 3.20 bits per heavy atom. The lowest BCUT2D eigenvalue weighted by Gasteiger charge is -2.05. The van der Waals surface area contributed by atoms with Gasteiger partial charge in [0.1, 0.15) is 16.9 Å². The van der Waals surface area contributed by atoms with E-state index >= 15 is 0 Å². The van der Waals surface area contributed by atoms with Crippen molar-refractivity contribution in [2.24, 2.45) is 7.05 Å². The maximum atomic E-state index is 4.54. The van der Waals surface area contributed by atoms with E-state index in [1.807, 2.05) is 13.2 Å². The summed E-state index contributed by atoms with van der Waals surface area (Å²) < 4.78 is 1.80. The summed E-state index contributed by atoms with van der Waals surface area (Å²) in [6.45, 7) is 2.06. The highest BCUT2D eigenvalue weighted by atomic mass is 15.3. The number of nitrogens with zero attached hydrogens (tertiary/aromatic N) is 4. The van der Waals surface area contributed by atoms with Crippen LogP contribution >= 0.6 is 0 Å². The van der Waals surface area contributed by atoms with Crippen LogP contribution in [0.15, 0.2) is 12.4 Å². The number of rotatable bonds is 1. The summed E-state index contributed by atoms with van der Waals surface area (Å²) in [5.41, 5.74) is 1.93. The van der Waals surface area contributed by atoms with Crippen LogP contribution in [0.25, 0.3) is 11.0 Å². The fourth-order valence-electron chi connectivity index (χ4n) is 2.02. The molecule has 0 amide bonds. The van der Waals surface area contributed by atoms with E-state index in [2.05, 4.69) is 20.4 Å². The third kappa shape index (κ3) is 1.39. The molecule has 1 fully saturated rings. The van der Waals surface area contributed by atoms with Gasteiger partial charge in [0.25, 0.3) is 0 Å². The topological polar surface area (TPSA) is 55.6 Å². The zero-order valence-electron chi connectivity index (χ0n) is 8.64. The van der Waals surface area contributed by atoms with Crippen LogP contribution in [0.3, 0.4) is 0 Å². The van der Waals surface area contributed by atoms with Crippen molar-refractivity contribution in [3.8, 4) is 0 Å². The smallest absolute Gasteiger partial charge is 0.133 e. The average molecular weight is 203 g/mol. The molecule has 2 aromatic rings. The third-order valence-electron chi connectivity index (χ3n) is 2.94. The van der Waals surface area contributed by atoms with Gasteiger partial charge in [-0.1, -0.05) is 0 Å². The lowest BCUT2D eigenvalue weighted by atomic mass is 10.1. The van der Waals surface area contributed by atoms with Crippen LogP contribution in [0.5, 0.6) is 0 Å². The summed E-state index contributed by atoms with van der Waals surface area (Å²) in [5.74, 6) is 1.41. The Morgan fingerprint density at radius 2 is 2.40 bits per heavy atom. The summed E-state index contributed by atoms with van der Waals surface area (Å²) in [4.78, 5) is 8.95. The first-order valence-electron chi connectivity index (χ1n) is 5.20. The van der Waals surface area contributed by atoms with Gasteiger partial charge in [0.15, 0.2) is 0 Å². The van der Waals surface area contributed by atoms with Crippen molar-refractivity contribution >= 4 is 11.0 Å². The fraction of sp³-hybridized carbons (Fsp3) is 0.500. The summed E-state index contributed by atoms with van der Waals surface area (Å²) in [6.07, 6.45) is 4.79. The summed E-state index contributed by atoms with van der Waals surface area (Å²) in [6, 6.07) is 0. The monoisotopic (exact) mass is 203 g/mol. The molecule has 1 unspecified atom stereocenters. The molecule has 78 valence electrons. The Hall–Kier alpha value is -1.49.